The van der Waals surface area contributed by atoms with Crippen LogP contribution >= 0.6 is 0 Å². The van der Waals surface area contributed by atoms with Gasteiger partial charge in [0.25, 0.3) is 0 Å². The Balaban J connectivity index is 2.22. The molecule has 0 radical (unpaired) electrons. The van der Waals surface area contributed by atoms with Gasteiger partial charge in [-0.25, -0.2) is 17.5 Å². The molecule has 1 N–H and O–H groups in total. The van der Waals surface area contributed by atoms with Gasteiger partial charge in [-0.15, -0.1) is 0 Å². The minimum Gasteiger partial charge on any atom is -0.465 e. The molecule has 134 valence electrons. The van der Waals surface area contributed by atoms with E-state index in [-0.39, 0.29) is 17.1 Å². The summed E-state index contributed by atoms with van der Waals surface area (Å²) in [6.45, 7) is 1.07. The van der Waals surface area contributed by atoms with Gasteiger partial charge < -0.3 is 14.6 Å². The lowest BCUT2D eigenvalue weighted by atomic mass is 10.2. The Bertz CT molecular complexity index is 890. The number of para-hydroxylation sites is 1. The van der Waals surface area contributed by atoms with Crippen LogP contribution in [-0.2, 0) is 19.6 Å². The van der Waals surface area contributed by atoms with Crippen LogP contribution in [0.15, 0.2) is 34.9 Å². The molecule has 2 rings (SSSR count). The number of aromatic nitrogens is 1. The second-order valence-corrected chi connectivity index (χ2v) is 7.06. The molecule has 0 aliphatic heterocycles. The highest BCUT2D eigenvalue weighted by molar-refractivity contribution is 7.92. The number of anilines is 2. The quantitative estimate of drug-likeness (QED) is 0.761. The fraction of sp³-hybridized carbons (Fsp3) is 0.267. The number of sulfonamides is 1. The third kappa shape index (κ3) is 4.57. The molecule has 0 saturated heterocycles. The largest absolute Gasteiger partial charge is 0.465 e. The predicted octanol–water partition coefficient (Wildman–Crippen LogP) is 1.17. The van der Waals surface area contributed by atoms with Crippen molar-refractivity contribution in [1.82, 2.24) is 5.16 Å². The van der Waals surface area contributed by atoms with Crippen LogP contribution in [0.5, 0.6) is 0 Å². The van der Waals surface area contributed by atoms with Crippen molar-refractivity contribution in [2.75, 3.05) is 29.5 Å². The van der Waals surface area contributed by atoms with Crippen molar-refractivity contribution in [1.29, 1.82) is 0 Å². The van der Waals surface area contributed by atoms with E-state index in [0.717, 1.165) is 10.6 Å². The second kappa shape index (κ2) is 7.34. The summed E-state index contributed by atoms with van der Waals surface area (Å²) < 4.78 is 34.2. The molecule has 0 atom stereocenters. The first-order chi connectivity index (χ1) is 11.7. The first-order valence-corrected chi connectivity index (χ1v) is 8.95. The smallest absolute Gasteiger partial charge is 0.339 e. The molecule has 0 aliphatic carbocycles. The van der Waals surface area contributed by atoms with Gasteiger partial charge in [-0.3, -0.25) is 4.79 Å². The van der Waals surface area contributed by atoms with Crippen LogP contribution in [0, 0.1) is 6.92 Å². The number of ether oxygens (including phenoxy) is 1. The summed E-state index contributed by atoms with van der Waals surface area (Å²) >= 11 is 0. The first-order valence-electron chi connectivity index (χ1n) is 7.10. The first kappa shape index (κ1) is 18.5. The second-order valence-electron chi connectivity index (χ2n) is 5.15. The average molecular weight is 367 g/mol. The fourth-order valence-corrected chi connectivity index (χ4v) is 2.82. The number of nitrogens with zero attached hydrogens (tertiary/aromatic N) is 2. The standard InChI is InChI=1S/C15H17N3O6S/c1-10-8-13(17-24-10)18(25(3,21)22)9-14(19)16-12-7-5-4-6-11(12)15(20)23-2/h4-8H,9H2,1-3H3,(H,16,19). The predicted molar refractivity (Wildman–Crippen MR) is 89.8 cm³/mol. The van der Waals surface area contributed by atoms with Gasteiger partial charge in [-0.2, -0.15) is 0 Å². The van der Waals surface area contributed by atoms with E-state index >= 15 is 0 Å². The summed E-state index contributed by atoms with van der Waals surface area (Å²) in [6.07, 6.45) is 0.951. The number of hydrogen-bond donors (Lipinski definition) is 1. The molecular formula is C15H17N3O6S. The fourth-order valence-electron chi connectivity index (χ4n) is 2.04. The Morgan fingerprint density at radius 1 is 1.32 bits per heavy atom. The van der Waals surface area contributed by atoms with Crippen molar-refractivity contribution in [2.24, 2.45) is 0 Å². The SMILES string of the molecule is COC(=O)c1ccccc1NC(=O)CN(c1cc(C)on1)S(C)(=O)=O. The van der Waals surface area contributed by atoms with E-state index in [1.807, 2.05) is 0 Å². The van der Waals surface area contributed by atoms with Crippen LogP contribution in [0.2, 0.25) is 0 Å². The highest BCUT2D eigenvalue weighted by Crippen LogP contribution is 2.19. The number of methoxy groups -OCH3 is 1. The van der Waals surface area contributed by atoms with Crippen LogP contribution in [0.25, 0.3) is 0 Å². The average Bonchev–Trinajstić information content (AvgIpc) is 2.97. The van der Waals surface area contributed by atoms with E-state index in [0.29, 0.717) is 5.76 Å². The minimum atomic E-state index is -3.76. The molecule has 10 heteroatoms. The normalized spacial score (nSPS) is 11.0. The van der Waals surface area contributed by atoms with E-state index < -0.39 is 28.4 Å². The molecule has 0 spiro atoms. The zero-order valence-corrected chi connectivity index (χ0v) is 14.7. The van der Waals surface area contributed by atoms with Crippen LogP contribution in [-0.4, -0.2) is 45.4 Å². The molecule has 1 amide bonds. The molecule has 0 saturated carbocycles. The Morgan fingerprint density at radius 2 is 2.00 bits per heavy atom. The molecular weight excluding hydrogens is 350 g/mol. The number of amides is 1. The van der Waals surface area contributed by atoms with Gasteiger partial charge >= 0.3 is 5.97 Å². The van der Waals surface area contributed by atoms with Gasteiger partial charge in [0, 0.05) is 6.07 Å². The van der Waals surface area contributed by atoms with Crippen LogP contribution in [0.4, 0.5) is 11.5 Å². The number of rotatable bonds is 6. The number of esters is 1. The van der Waals surface area contributed by atoms with Crippen LogP contribution in [0.1, 0.15) is 16.1 Å². The van der Waals surface area contributed by atoms with Crippen LogP contribution < -0.4 is 9.62 Å². The molecule has 1 aromatic carbocycles. The molecule has 0 aliphatic rings. The molecule has 1 aromatic heterocycles. The van der Waals surface area contributed by atoms with E-state index in [2.05, 4.69) is 15.2 Å². The maximum atomic E-state index is 12.3. The van der Waals surface area contributed by atoms with E-state index in [1.54, 1.807) is 19.1 Å². The third-order valence-electron chi connectivity index (χ3n) is 3.17. The van der Waals surface area contributed by atoms with Gasteiger partial charge in [-0.05, 0) is 19.1 Å². The lowest BCUT2D eigenvalue weighted by Gasteiger charge is -2.19. The molecule has 25 heavy (non-hydrogen) atoms. The third-order valence-corrected chi connectivity index (χ3v) is 4.28. The van der Waals surface area contributed by atoms with Gasteiger partial charge in [0.05, 0.1) is 24.6 Å². The Morgan fingerprint density at radius 3 is 2.56 bits per heavy atom. The van der Waals surface area contributed by atoms with Gasteiger partial charge in [-0.1, -0.05) is 17.3 Å². The van der Waals surface area contributed by atoms with E-state index in [4.69, 9.17) is 4.52 Å². The molecule has 0 fully saturated rings. The maximum Gasteiger partial charge on any atom is 0.339 e. The molecule has 9 nitrogen and oxygen atoms in total. The number of nitrogens with one attached hydrogen (secondary N) is 1. The number of hydrogen-bond acceptors (Lipinski definition) is 7. The molecule has 2 aromatic rings. The number of carbonyl (C=O) groups is 2. The molecule has 1 heterocycles. The number of aryl methyl sites for hydroxylation is 1. The van der Waals surface area contributed by atoms with Crippen molar-refractivity contribution in [2.45, 2.75) is 6.92 Å². The topological polar surface area (TPSA) is 119 Å². The summed E-state index contributed by atoms with van der Waals surface area (Å²) in [4.78, 5) is 24.0. The Labute approximate surface area is 144 Å². The summed E-state index contributed by atoms with van der Waals surface area (Å²) in [6, 6.07) is 7.63. The highest BCUT2D eigenvalue weighted by atomic mass is 32.2. The zero-order valence-electron chi connectivity index (χ0n) is 13.8. The van der Waals surface area contributed by atoms with E-state index in [1.165, 1.54) is 25.3 Å². The summed E-state index contributed by atoms with van der Waals surface area (Å²) in [5.74, 6) is -0.873. The van der Waals surface area contributed by atoms with Gasteiger partial charge in [0.2, 0.25) is 15.9 Å². The lowest BCUT2D eigenvalue weighted by molar-refractivity contribution is -0.114. The van der Waals surface area contributed by atoms with Crippen LogP contribution in [0.3, 0.4) is 0 Å². The molecule has 0 unspecified atom stereocenters. The van der Waals surface area contributed by atoms with Crippen molar-refractivity contribution in [3.63, 3.8) is 0 Å². The van der Waals surface area contributed by atoms with Crippen molar-refractivity contribution in [3.8, 4) is 0 Å². The van der Waals surface area contributed by atoms with Gasteiger partial charge in [0.15, 0.2) is 5.82 Å². The van der Waals surface area contributed by atoms with Gasteiger partial charge in [0.1, 0.15) is 12.3 Å². The monoisotopic (exact) mass is 367 g/mol. The highest BCUT2D eigenvalue weighted by Gasteiger charge is 2.24. The number of benzene rings is 1. The van der Waals surface area contributed by atoms with Crippen molar-refractivity contribution >= 4 is 33.4 Å². The number of carbonyl (C=O) groups excluding carboxylic acids is 2. The van der Waals surface area contributed by atoms with E-state index in [9.17, 15) is 18.0 Å². The van der Waals surface area contributed by atoms with Crippen molar-refractivity contribution < 1.29 is 27.3 Å². The molecule has 0 bridgehead atoms. The minimum absolute atomic E-state index is 0.00333. The summed E-state index contributed by atoms with van der Waals surface area (Å²) in [7, 11) is -2.54. The summed E-state index contributed by atoms with van der Waals surface area (Å²) in [5, 5.41) is 6.12. The Hall–Kier alpha value is -2.88. The Kier molecular flexibility index (Phi) is 5.42. The maximum absolute atomic E-state index is 12.3. The summed E-state index contributed by atoms with van der Waals surface area (Å²) in [5.41, 5.74) is 0.366. The van der Waals surface area contributed by atoms with Crippen molar-refractivity contribution in [3.05, 3.63) is 41.7 Å². The zero-order chi connectivity index (χ0) is 18.6. The lowest BCUT2D eigenvalue weighted by Crippen LogP contribution is -2.37.